The summed E-state index contributed by atoms with van der Waals surface area (Å²) in [5.41, 5.74) is -4.21. The molecule has 1 atom stereocenters. The molecule has 1 aliphatic heterocycles. The van der Waals surface area contributed by atoms with Crippen LogP contribution in [0.15, 0.2) is 47.6 Å². The summed E-state index contributed by atoms with van der Waals surface area (Å²) in [6, 6.07) is 4.66. The Morgan fingerprint density at radius 3 is 2.22 bits per heavy atom. The van der Waals surface area contributed by atoms with Gasteiger partial charge in [-0.05, 0) is 50.2 Å². The standard InChI is InChI=1S/C23H18ClF6N3O4/c1-3-37-19(35)21(2)11-33(31-18(21)13-4-9-16(17(24)10-13)23(28,29)30)20(36)32(12-34)15-7-5-14(6-8-15)22(25,26)27/h4-10,12H,3,11H2,1-2H3. The van der Waals surface area contributed by atoms with Crippen molar-refractivity contribution >= 4 is 41.4 Å². The Bertz CT molecular complexity index is 1250. The third-order valence-electron chi connectivity index (χ3n) is 5.49. The van der Waals surface area contributed by atoms with E-state index in [1.165, 1.54) is 13.8 Å². The van der Waals surface area contributed by atoms with Gasteiger partial charge in [0.1, 0.15) is 5.41 Å². The molecule has 1 heterocycles. The zero-order valence-corrected chi connectivity index (χ0v) is 19.9. The predicted octanol–water partition coefficient (Wildman–Crippen LogP) is 5.75. The van der Waals surface area contributed by atoms with E-state index in [1.807, 2.05) is 0 Å². The predicted molar refractivity (Wildman–Crippen MR) is 120 cm³/mol. The lowest BCUT2D eigenvalue weighted by molar-refractivity contribution is -0.150. The fraction of sp³-hybridized carbons (Fsp3) is 0.304. The van der Waals surface area contributed by atoms with Crippen LogP contribution < -0.4 is 4.90 Å². The van der Waals surface area contributed by atoms with Gasteiger partial charge in [0.15, 0.2) is 0 Å². The molecule has 3 amide bonds. The summed E-state index contributed by atoms with van der Waals surface area (Å²) in [5, 5.41) is 4.10. The number of ether oxygens (including phenoxy) is 1. The highest BCUT2D eigenvalue weighted by Gasteiger charge is 2.49. The van der Waals surface area contributed by atoms with E-state index in [9.17, 15) is 40.7 Å². The van der Waals surface area contributed by atoms with Crippen molar-refractivity contribution in [1.29, 1.82) is 0 Å². The van der Waals surface area contributed by atoms with Gasteiger partial charge in [0, 0.05) is 5.56 Å². The average molecular weight is 550 g/mol. The number of anilines is 1. The summed E-state index contributed by atoms with van der Waals surface area (Å²) in [4.78, 5) is 38.1. The topological polar surface area (TPSA) is 79.3 Å². The van der Waals surface area contributed by atoms with Crippen LogP contribution in [-0.2, 0) is 26.7 Å². The quantitative estimate of drug-likeness (QED) is 0.270. The van der Waals surface area contributed by atoms with Gasteiger partial charge < -0.3 is 4.74 Å². The summed E-state index contributed by atoms with van der Waals surface area (Å²) in [5.74, 6) is -0.854. The minimum atomic E-state index is -4.74. The van der Waals surface area contributed by atoms with Gasteiger partial charge in [-0.2, -0.15) is 31.4 Å². The van der Waals surface area contributed by atoms with Crippen LogP contribution >= 0.6 is 11.6 Å². The Morgan fingerprint density at radius 1 is 1.11 bits per heavy atom. The number of urea groups is 1. The number of hydrogen-bond acceptors (Lipinski definition) is 5. The van der Waals surface area contributed by atoms with E-state index in [0.717, 1.165) is 24.3 Å². The Hall–Kier alpha value is -3.61. The summed E-state index contributed by atoms with van der Waals surface area (Å²) >= 11 is 5.82. The smallest absolute Gasteiger partial charge is 0.417 e. The molecule has 7 nitrogen and oxygen atoms in total. The number of imide groups is 1. The fourth-order valence-corrected chi connectivity index (χ4v) is 3.91. The van der Waals surface area contributed by atoms with E-state index in [2.05, 4.69) is 5.10 Å². The molecule has 14 heteroatoms. The molecule has 37 heavy (non-hydrogen) atoms. The highest BCUT2D eigenvalue weighted by atomic mass is 35.5. The number of carbonyl (C=O) groups is 3. The lowest BCUT2D eigenvalue weighted by Crippen LogP contribution is -2.45. The third kappa shape index (κ3) is 5.55. The maximum Gasteiger partial charge on any atom is 0.417 e. The molecule has 3 rings (SSSR count). The molecular formula is C23H18ClF6N3O4. The number of halogens is 7. The van der Waals surface area contributed by atoms with E-state index in [4.69, 9.17) is 16.3 Å². The molecule has 1 unspecified atom stereocenters. The second-order valence-corrected chi connectivity index (χ2v) is 8.46. The lowest BCUT2D eigenvalue weighted by atomic mass is 9.82. The number of nitrogens with zero attached hydrogens (tertiary/aromatic N) is 3. The molecular weight excluding hydrogens is 532 g/mol. The summed E-state index contributed by atoms with van der Waals surface area (Å²) in [7, 11) is 0. The van der Waals surface area contributed by atoms with E-state index in [1.54, 1.807) is 0 Å². The molecule has 0 aromatic heterocycles. The fourth-order valence-electron chi connectivity index (χ4n) is 3.62. The molecule has 1 aliphatic rings. The molecule has 0 N–H and O–H groups in total. The number of carbonyl (C=O) groups excluding carboxylic acids is 3. The highest BCUT2D eigenvalue weighted by Crippen LogP contribution is 2.39. The van der Waals surface area contributed by atoms with Crippen molar-refractivity contribution in [1.82, 2.24) is 5.01 Å². The first kappa shape index (κ1) is 28.0. The molecule has 0 spiro atoms. The number of rotatable bonds is 5. The number of alkyl halides is 6. The Kier molecular flexibility index (Phi) is 7.59. The number of hydrogen-bond donors (Lipinski definition) is 0. The average Bonchev–Trinajstić information content (AvgIpc) is 3.17. The molecule has 0 aliphatic carbocycles. The van der Waals surface area contributed by atoms with Crippen molar-refractivity contribution in [2.45, 2.75) is 26.2 Å². The summed E-state index contributed by atoms with van der Waals surface area (Å²) in [6.07, 6.45) is -9.34. The number of esters is 1. The monoisotopic (exact) mass is 549 g/mol. The molecule has 0 fully saturated rings. The second kappa shape index (κ2) is 10.0. The Labute approximate surface area is 211 Å². The van der Waals surface area contributed by atoms with Gasteiger partial charge in [-0.25, -0.2) is 14.7 Å². The van der Waals surface area contributed by atoms with Crippen molar-refractivity contribution in [2.75, 3.05) is 18.1 Å². The van der Waals surface area contributed by atoms with Crippen LogP contribution in [0.25, 0.3) is 0 Å². The van der Waals surface area contributed by atoms with Crippen molar-refractivity contribution in [3.63, 3.8) is 0 Å². The van der Waals surface area contributed by atoms with Crippen LogP contribution in [0.3, 0.4) is 0 Å². The zero-order valence-electron chi connectivity index (χ0n) is 19.2. The maximum atomic E-state index is 13.1. The zero-order chi connectivity index (χ0) is 27.8. The van der Waals surface area contributed by atoms with E-state index >= 15 is 0 Å². The van der Waals surface area contributed by atoms with Crippen LogP contribution in [0.1, 0.15) is 30.5 Å². The number of amides is 3. The molecule has 2 aromatic rings. The first-order valence-corrected chi connectivity index (χ1v) is 10.9. The van der Waals surface area contributed by atoms with Crippen molar-refractivity contribution in [3.8, 4) is 0 Å². The molecule has 0 saturated carbocycles. The molecule has 2 aromatic carbocycles. The van der Waals surface area contributed by atoms with Crippen molar-refractivity contribution in [3.05, 3.63) is 64.2 Å². The van der Waals surface area contributed by atoms with Crippen LogP contribution in [-0.4, -0.2) is 42.3 Å². The SMILES string of the molecule is CCOC(=O)C1(C)CN(C(=O)N(C=O)c2ccc(C(F)(F)F)cc2)N=C1c1ccc(C(F)(F)F)c(Cl)c1. The minimum absolute atomic E-state index is 0.0176. The van der Waals surface area contributed by atoms with E-state index < -0.39 is 52.5 Å². The Balaban J connectivity index is 2.02. The number of hydrazone groups is 1. The highest BCUT2D eigenvalue weighted by molar-refractivity contribution is 6.32. The largest absolute Gasteiger partial charge is 0.465 e. The van der Waals surface area contributed by atoms with Crippen LogP contribution in [0.5, 0.6) is 0 Å². The molecule has 198 valence electrons. The van der Waals surface area contributed by atoms with Crippen molar-refractivity contribution in [2.24, 2.45) is 10.5 Å². The van der Waals surface area contributed by atoms with Gasteiger partial charge in [0.05, 0.1) is 40.7 Å². The van der Waals surface area contributed by atoms with E-state index in [-0.39, 0.29) is 30.0 Å². The van der Waals surface area contributed by atoms with Gasteiger partial charge >= 0.3 is 24.4 Å². The van der Waals surface area contributed by atoms with Crippen LogP contribution in [0.2, 0.25) is 5.02 Å². The Morgan fingerprint density at radius 2 is 1.73 bits per heavy atom. The van der Waals surface area contributed by atoms with Crippen molar-refractivity contribution < 1.29 is 45.5 Å². The first-order valence-electron chi connectivity index (χ1n) is 10.5. The summed E-state index contributed by atoms with van der Waals surface area (Å²) < 4.78 is 83.1. The van der Waals surface area contributed by atoms with Crippen LogP contribution in [0.4, 0.5) is 36.8 Å². The summed E-state index contributed by atoms with van der Waals surface area (Å²) in [6.45, 7) is 2.31. The molecule has 0 saturated heterocycles. The van der Waals surface area contributed by atoms with Gasteiger partial charge in [0.2, 0.25) is 6.41 Å². The van der Waals surface area contributed by atoms with E-state index in [0.29, 0.717) is 28.1 Å². The third-order valence-corrected chi connectivity index (χ3v) is 5.80. The number of benzene rings is 2. The molecule has 0 radical (unpaired) electrons. The molecule has 0 bridgehead atoms. The first-order chi connectivity index (χ1) is 17.1. The van der Waals surface area contributed by atoms with Gasteiger partial charge in [-0.1, -0.05) is 17.7 Å². The van der Waals surface area contributed by atoms with Gasteiger partial charge in [-0.3, -0.25) is 9.59 Å². The minimum Gasteiger partial charge on any atom is -0.465 e. The maximum absolute atomic E-state index is 13.1. The van der Waals surface area contributed by atoms with Gasteiger partial charge in [0.25, 0.3) is 0 Å². The second-order valence-electron chi connectivity index (χ2n) is 8.05. The lowest BCUT2D eigenvalue weighted by Gasteiger charge is -2.25. The van der Waals surface area contributed by atoms with Crippen LogP contribution in [0, 0.1) is 5.41 Å². The normalized spacial score (nSPS) is 17.9. The van der Waals surface area contributed by atoms with Gasteiger partial charge in [-0.15, -0.1) is 0 Å².